The molecule has 0 amide bonds. The summed E-state index contributed by atoms with van der Waals surface area (Å²) in [6, 6.07) is 1.60. The van der Waals surface area contributed by atoms with Crippen LogP contribution >= 0.6 is 0 Å². The molecule has 0 heterocycles. The van der Waals surface area contributed by atoms with E-state index in [1.807, 2.05) is 0 Å². The molecular weight excluding hydrogens is 278 g/mol. The highest BCUT2D eigenvalue weighted by molar-refractivity contribution is 6.03. The first-order chi connectivity index (χ1) is 9.83. The smallest absolute Gasteiger partial charge is 0.323 e. The van der Waals surface area contributed by atoms with Crippen LogP contribution < -0.4 is 0 Å². The van der Waals surface area contributed by atoms with Gasteiger partial charge in [0.15, 0.2) is 5.41 Å². The maximum Gasteiger partial charge on any atom is 0.323 e. The minimum absolute atomic E-state index is 0.0404. The number of nitriles is 1. The third kappa shape index (κ3) is 5.52. The number of aliphatic hydroxyl groups is 1. The van der Waals surface area contributed by atoms with Gasteiger partial charge >= 0.3 is 11.9 Å². The van der Waals surface area contributed by atoms with Crippen molar-refractivity contribution in [2.75, 3.05) is 13.2 Å². The quantitative estimate of drug-likeness (QED) is 0.379. The average molecular weight is 299 g/mol. The molecule has 21 heavy (non-hydrogen) atoms. The molecule has 0 saturated carbocycles. The topological polar surface area (TPSA) is 114 Å². The SMILES string of the molecule is CCOC(=O)C(CCC(O)C#N)(CC(C)=O)C(=O)OCC. The van der Waals surface area contributed by atoms with E-state index >= 15 is 0 Å². The largest absolute Gasteiger partial charge is 0.465 e. The predicted octanol–water partition coefficient (Wildman–Crippen LogP) is 0.743. The lowest BCUT2D eigenvalue weighted by Gasteiger charge is -2.28. The summed E-state index contributed by atoms with van der Waals surface area (Å²) in [7, 11) is 0. The van der Waals surface area contributed by atoms with Crippen LogP contribution in [0, 0.1) is 16.7 Å². The van der Waals surface area contributed by atoms with E-state index in [9.17, 15) is 19.5 Å². The minimum Gasteiger partial charge on any atom is -0.465 e. The Kier molecular flexibility index (Phi) is 8.24. The van der Waals surface area contributed by atoms with Gasteiger partial charge in [-0.1, -0.05) is 0 Å². The monoisotopic (exact) mass is 299 g/mol. The fraction of sp³-hybridized carbons (Fsp3) is 0.714. The molecule has 0 fully saturated rings. The molecule has 1 unspecified atom stereocenters. The summed E-state index contributed by atoms with van der Waals surface area (Å²) in [5, 5.41) is 17.9. The van der Waals surface area contributed by atoms with Crippen molar-refractivity contribution in [3.63, 3.8) is 0 Å². The van der Waals surface area contributed by atoms with Crippen molar-refractivity contribution < 1.29 is 29.0 Å². The van der Waals surface area contributed by atoms with E-state index in [4.69, 9.17) is 14.7 Å². The first kappa shape index (κ1) is 19.1. The van der Waals surface area contributed by atoms with Crippen LogP contribution in [0.2, 0.25) is 0 Å². The van der Waals surface area contributed by atoms with E-state index in [0.717, 1.165) is 0 Å². The number of ketones is 1. The maximum absolute atomic E-state index is 12.2. The second-order valence-corrected chi connectivity index (χ2v) is 4.59. The zero-order valence-corrected chi connectivity index (χ0v) is 12.5. The van der Waals surface area contributed by atoms with Gasteiger partial charge in [-0.3, -0.25) is 14.4 Å². The standard InChI is InChI=1S/C14H21NO6/c1-4-20-12(18)14(8-10(3)16,13(19)21-5-2)7-6-11(17)9-15/h11,17H,4-8H2,1-3H3. The number of aliphatic hydroxyl groups excluding tert-OH is 1. The van der Waals surface area contributed by atoms with Crippen LogP contribution in [0.15, 0.2) is 0 Å². The maximum atomic E-state index is 12.2. The molecule has 0 aliphatic rings. The van der Waals surface area contributed by atoms with Crippen molar-refractivity contribution in [2.45, 2.75) is 46.1 Å². The Balaban J connectivity index is 5.49. The van der Waals surface area contributed by atoms with Crippen molar-refractivity contribution in [2.24, 2.45) is 5.41 Å². The van der Waals surface area contributed by atoms with E-state index in [1.165, 1.54) is 6.92 Å². The average Bonchev–Trinajstić information content (AvgIpc) is 2.42. The molecule has 7 nitrogen and oxygen atoms in total. The Labute approximate surface area is 123 Å². The summed E-state index contributed by atoms with van der Waals surface area (Å²) in [5.74, 6) is -2.13. The number of ether oxygens (including phenoxy) is 2. The Bertz CT molecular complexity index is 408. The van der Waals surface area contributed by atoms with Gasteiger partial charge in [0, 0.05) is 6.42 Å². The lowest BCUT2D eigenvalue weighted by Crippen LogP contribution is -2.44. The van der Waals surface area contributed by atoms with Crippen LogP contribution in [-0.4, -0.2) is 42.1 Å². The lowest BCUT2D eigenvalue weighted by molar-refractivity contribution is -0.174. The van der Waals surface area contributed by atoms with Crippen molar-refractivity contribution in [3.8, 4) is 6.07 Å². The van der Waals surface area contributed by atoms with Crippen LogP contribution in [0.4, 0.5) is 0 Å². The first-order valence-electron chi connectivity index (χ1n) is 6.75. The van der Waals surface area contributed by atoms with Crippen LogP contribution in [-0.2, 0) is 23.9 Å². The molecule has 0 aromatic rings. The van der Waals surface area contributed by atoms with Gasteiger partial charge in [-0.05, 0) is 33.6 Å². The molecule has 0 aliphatic carbocycles. The Morgan fingerprint density at radius 2 is 1.67 bits per heavy atom. The number of rotatable bonds is 9. The third-order valence-electron chi connectivity index (χ3n) is 2.88. The summed E-state index contributed by atoms with van der Waals surface area (Å²) < 4.78 is 9.77. The number of esters is 2. The Hall–Kier alpha value is -1.94. The molecule has 0 radical (unpaired) electrons. The number of hydrogen-bond acceptors (Lipinski definition) is 7. The number of carbonyl (C=O) groups is 3. The van der Waals surface area contributed by atoms with Gasteiger partial charge in [0.05, 0.1) is 19.3 Å². The van der Waals surface area contributed by atoms with Gasteiger partial charge in [-0.15, -0.1) is 0 Å². The lowest BCUT2D eigenvalue weighted by atomic mass is 9.78. The molecule has 0 spiro atoms. The van der Waals surface area contributed by atoms with Crippen LogP contribution in [0.25, 0.3) is 0 Å². The molecular formula is C14H21NO6. The van der Waals surface area contributed by atoms with Gasteiger partial charge in [0.1, 0.15) is 11.9 Å². The van der Waals surface area contributed by atoms with E-state index in [1.54, 1.807) is 19.9 Å². The molecule has 0 bridgehead atoms. The minimum atomic E-state index is -1.81. The van der Waals surface area contributed by atoms with Gasteiger partial charge in [0.25, 0.3) is 0 Å². The highest BCUT2D eigenvalue weighted by Crippen LogP contribution is 2.33. The highest BCUT2D eigenvalue weighted by atomic mass is 16.6. The fourth-order valence-corrected chi connectivity index (χ4v) is 1.93. The number of Topliss-reactive ketones (excluding diaryl/α,β-unsaturated/α-hetero) is 1. The molecule has 0 rings (SSSR count). The number of nitrogens with zero attached hydrogens (tertiary/aromatic N) is 1. The van der Waals surface area contributed by atoms with E-state index in [0.29, 0.717) is 0 Å². The number of hydrogen-bond donors (Lipinski definition) is 1. The van der Waals surface area contributed by atoms with E-state index < -0.39 is 23.5 Å². The molecule has 0 aromatic heterocycles. The van der Waals surface area contributed by atoms with Crippen LogP contribution in [0.1, 0.15) is 40.0 Å². The second kappa shape index (κ2) is 9.08. The molecule has 1 atom stereocenters. The highest BCUT2D eigenvalue weighted by Gasteiger charge is 2.49. The van der Waals surface area contributed by atoms with Gasteiger partial charge < -0.3 is 14.6 Å². The van der Waals surface area contributed by atoms with Crippen LogP contribution in [0.3, 0.4) is 0 Å². The first-order valence-corrected chi connectivity index (χ1v) is 6.75. The molecule has 1 N–H and O–H groups in total. The third-order valence-corrected chi connectivity index (χ3v) is 2.88. The van der Waals surface area contributed by atoms with E-state index in [2.05, 4.69) is 0 Å². The van der Waals surface area contributed by atoms with Gasteiger partial charge in [-0.2, -0.15) is 5.26 Å². The van der Waals surface area contributed by atoms with Crippen LogP contribution in [0.5, 0.6) is 0 Å². The van der Waals surface area contributed by atoms with E-state index in [-0.39, 0.29) is 38.3 Å². The van der Waals surface area contributed by atoms with Crippen molar-refractivity contribution >= 4 is 17.7 Å². The summed E-state index contributed by atoms with van der Waals surface area (Å²) in [4.78, 5) is 35.8. The second-order valence-electron chi connectivity index (χ2n) is 4.59. The molecule has 0 aromatic carbocycles. The van der Waals surface area contributed by atoms with Crippen molar-refractivity contribution in [1.29, 1.82) is 5.26 Å². The van der Waals surface area contributed by atoms with Crippen molar-refractivity contribution in [3.05, 3.63) is 0 Å². The summed E-state index contributed by atoms with van der Waals surface area (Å²) in [5.41, 5.74) is -1.81. The zero-order chi connectivity index (χ0) is 16.5. The normalized spacial score (nSPS) is 12.1. The zero-order valence-electron chi connectivity index (χ0n) is 12.5. The van der Waals surface area contributed by atoms with Gasteiger partial charge in [0.2, 0.25) is 0 Å². The number of carbonyl (C=O) groups excluding carboxylic acids is 3. The molecule has 118 valence electrons. The summed E-state index contributed by atoms with van der Waals surface area (Å²) in [6.07, 6.45) is -2.05. The molecule has 7 heteroatoms. The Morgan fingerprint density at radius 1 is 1.19 bits per heavy atom. The van der Waals surface area contributed by atoms with Gasteiger partial charge in [-0.25, -0.2) is 0 Å². The summed E-state index contributed by atoms with van der Waals surface area (Å²) in [6.45, 7) is 4.47. The van der Waals surface area contributed by atoms with Crippen molar-refractivity contribution in [1.82, 2.24) is 0 Å². The predicted molar refractivity (Wildman–Crippen MR) is 71.9 cm³/mol. The molecule has 0 saturated heterocycles. The summed E-state index contributed by atoms with van der Waals surface area (Å²) >= 11 is 0. The molecule has 0 aliphatic heterocycles. The Morgan fingerprint density at radius 3 is 2.00 bits per heavy atom. The fourth-order valence-electron chi connectivity index (χ4n) is 1.93.